The van der Waals surface area contributed by atoms with Gasteiger partial charge in [0.2, 0.25) is 5.88 Å². The molecule has 0 atom stereocenters. The van der Waals surface area contributed by atoms with E-state index in [1.807, 2.05) is 26.8 Å². The van der Waals surface area contributed by atoms with E-state index in [2.05, 4.69) is 10.5 Å². The summed E-state index contributed by atoms with van der Waals surface area (Å²) in [5.74, 6) is 0.254. The molecule has 1 aromatic heterocycles. The van der Waals surface area contributed by atoms with Gasteiger partial charge in [-0.05, 0) is 12.1 Å². The van der Waals surface area contributed by atoms with Crippen molar-refractivity contribution in [3.8, 4) is 11.8 Å². The van der Waals surface area contributed by atoms with Crippen LogP contribution in [0.15, 0.2) is 34.9 Å². The number of hydrogen-bond acceptors (Lipinski definition) is 5. The van der Waals surface area contributed by atoms with Gasteiger partial charge in [-0.1, -0.05) is 38.1 Å². The number of carbonyl (C=O) groups is 1. The monoisotopic (exact) mass is 299 g/mol. The van der Waals surface area contributed by atoms with Crippen LogP contribution in [0.2, 0.25) is 0 Å². The summed E-state index contributed by atoms with van der Waals surface area (Å²) in [6.07, 6.45) is 0. The van der Waals surface area contributed by atoms with Gasteiger partial charge in [-0.3, -0.25) is 10.1 Å². The van der Waals surface area contributed by atoms with E-state index < -0.39 is 0 Å². The van der Waals surface area contributed by atoms with Crippen molar-refractivity contribution in [1.29, 1.82) is 5.26 Å². The normalized spacial score (nSPS) is 10.8. The lowest BCUT2D eigenvalue weighted by Crippen LogP contribution is -2.20. The van der Waals surface area contributed by atoms with Crippen LogP contribution in [0, 0.1) is 11.3 Å². The molecule has 22 heavy (non-hydrogen) atoms. The third-order valence-corrected chi connectivity index (χ3v) is 2.91. The molecule has 2 rings (SSSR count). The van der Waals surface area contributed by atoms with Crippen LogP contribution < -0.4 is 10.1 Å². The number of nitrogens with zero attached hydrogens (tertiary/aromatic N) is 2. The van der Waals surface area contributed by atoms with Crippen molar-refractivity contribution in [2.45, 2.75) is 26.2 Å². The van der Waals surface area contributed by atoms with Crippen molar-refractivity contribution < 1.29 is 14.1 Å². The van der Waals surface area contributed by atoms with E-state index in [4.69, 9.17) is 14.5 Å². The molecule has 1 heterocycles. The van der Waals surface area contributed by atoms with Gasteiger partial charge in [0.25, 0.3) is 5.91 Å². The Balaban J connectivity index is 1.94. The average molecular weight is 299 g/mol. The van der Waals surface area contributed by atoms with Gasteiger partial charge in [-0.25, -0.2) is 0 Å². The minimum atomic E-state index is -0.385. The van der Waals surface area contributed by atoms with E-state index in [9.17, 15) is 4.79 Å². The van der Waals surface area contributed by atoms with Crippen molar-refractivity contribution in [3.63, 3.8) is 0 Å². The second-order valence-electron chi connectivity index (χ2n) is 5.77. The molecule has 0 aliphatic heterocycles. The number of ether oxygens (including phenoxy) is 1. The lowest BCUT2D eigenvalue weighted by Gasteiger charge is -2.12. The maximum Gasteiger partial charge on any atom is 0.264 e. The Hall–Kier alpha value is -2.81. The van der Waals surface area contributed by atoms with Crippen LogP contribution in [-0.2, 0) is 10.2 Å². The van der Waals surface area contributed by atoms with E-state index >= 15 is 0 Å². The van der Waals surface area contributed by atoms with E-state index in [0.717, 1.165) is 5.69 Å². The molecular weight excluding hydrogens is 282 g/mol. The van der Waals surface area contributed by atoms with Gasteiger partial charge < -0.3 is 9.26 Å². The molecule has 0 aliphatic rings. The molecule has 1 aromatic carbocycles. The number of aromatic nitrogens is 1. The molecule has 2 aromatic rings. The first-order valence-electron chi connectivity index (χ1n) is 6.79. The largest absolute Gasteiger partial charge is 0.482 e. The molecule has 6 nitrogen and oxygen atoms in total. The Kier molecular flexibility index (Phi) is 4.47. The average Bonchev–Trinajstić information content (AvgIpc) is 2.94. The molecule has 0 bridgehead atoms. The minimum Gasteiger partial charge on any atom is -0.482 e. The molecular formula is C16H17N3O3. The first kappa shape index (κ1) is 15.6. The molecule has 0 radical (unpaired) electrons. The summed E-state index contributed by atoms with van der Waals surface area (Å²) < 4.78 is 10.4. The number of amides is 1. The molecule has 1 N–H and O–H groups in total. The highest BCUT2D eigenvalue weighted by atomic mass is 16.5. The predicted molar refractivity (Wildman–Crippen MR) is 80.5 cm³/mol. The van der Waals surface area contributed by atoms with Crippen LogP contribution in [-0.4, -0.2) is 17.7 Å². The minimum absolute atomic E-state index is 0.158. The molecule has 0 saturated carbocycles. The molecule has 0 unspecified atom stereocenters. The van der Waals surface area contributed by atoms with Crippen molar-refractivity contribution in [3.05, 3.63) is 41.6 Å². The summed E-state index contributed by atoms with van der Waals surface area (Å²) in [4.78, 5) is 11.8. The Bertz CT molecular complexity index is 708. The lowest BCUT2D eigenvalue weighted by atomic mass is 9.92. The third-order valence-electron chi connectivity index (χ3n) is 2.91. The Labute approximate surface area is 128 Å². The lowest BCUT2D eigenvalue weighted by molar-refractivity contribution is -0.118. The van der Waals surface area contributed by atoms with E-state index in [1.54, 1.807) is 30.3 Å². The van der Waals surface area contributed by atoms with Gasteiger partial charge in [0, 0.05) is 11.5 Å². The van der Waals surface area contributed by atoms with Gasteiger partial charge in [-0.2, -0.15) is 5.26 Å². The fourth-order valence-corrected chi connectivity index (χ4v) is 1.69. The molecule has 1 amide bonds. The smallest absolute Gasteiger partial charge is 0.264 e. The zero-order valence-corrected chi connectivity index (χ0v) is 12.7. The number of anilines is 1. The molecule has 0 aliphatic carbocycles. The first-order chi connectivity index (χ1) is 10.4. The third kappa shape index (κ3) is 3.85. The van der Waals surface area contributed by atoms with Crippen molar-refractivity contribution in [1.82, 2.24) is 5.16 Å². The first-order valence-corrected chi connectivity index (χ1v) is 6.79. The molecule has 114 valence electrons. The highest BCUT2D eigenvalue weighted by Gasteiger charge is 2.19. The number of carbonyl (C=O) groups excluding carboxylic acids is 1. The standard InChI is InChI=1S/C16H17N3O3/c1-16(2,3)13-8-15(22-19-13)18-14(20)10-21-12-7-5-4-6-11(12)9-17/h4-8H,10H2,1-3H3,(H,18,20). The SMILES string of the molecule is CC(C)(C)c1cc(NC(=O)COc2ccccc2C#N)on1. The topological polar surface area (TPSA) is 88.1 Å². The van der Waals surface area contributed by atoms with E-state index in [1.165, 1.54) is 0 Å². The molecule has 0 spiro atoms. The van der Waals surface area contributed by atoms with Crippen LogP contribution in [0.25, 0.3) is 0 Å². The van der Waals surface area contributed by atoms with Gasteiger partial charge in [-0.15, -0.1) is 0 Å². The van der Waals surface area contributed by atoms with E-state index in [0.29, 0.717) is 11.3 Å². The number of rotatable bonds is 4. The van der Waals surface area contributed by atoms with Crippen LogP contribution in [0.4, 0.5) is 5.88 Å². The number of para-hydroxylation sites is 1. The van der Waals surface area contributed by atoms with Crippen LogP contribution in [0.1, 0.15) is 32.0 Å². The van der Waals surface area contributed by atoms with Crippen LogP contribution >= 0.6 is 0 Å². The Morgan fingerprint density at radius 1 is 1.41 bits per heavy atom. The van der Waals surface area contributed by atoms with Gasteiger partial charge >= 0.3 is 0 Å². The predicted octanol–water partition coefficient (Wildman–Crippen LogP) is 2.86. The number of nitrogens with one attached hydrogen (secondary N) is 1. The van der Waals surface area contributed by atoms with Gasteiger partial charge in [0.15, 0.2) is 6.61 Å². The van der Waals surface area contributed by atoms with Gasteiger partial charge in [0.1, 0.15) is 11.8 Å². The Morgan fingerprint density at radius 2 is 2.14 bits per heavy atom. The summed E-state index contributed by atoms with van der Waals surface area (Å²) in [6.45, 7) is 5.78. The molecule has 0 fully saturated rings. The fraction of sp³-hybridized carbons (Fsp3) is 0.312. The number of benzene rings is 1. The Morgan fingerprint density at radius 3 is 2.77 bits per heavy atom. The molecule has 6 heteroatoms. The van der Waals surface area contributed by atoms with Crippen molar-refractivity contribution in [2.75, 3.05) is 11.9 Å². The zero-order chi connectivity index (χ0) is 16.2. The van der Waals surface area contributed by atoms with Crippen molar-refractivity contribution >= 4 is 11.8 Å². The molecule has 0 saturated heterocycles. The van der Waals surface area contributed by atoms with Crippen LogP contribution in [0.3, 0.4) is 0 Å². The summed E-state index contributed by atoms with van der Waals surface area (Å²) >= 11 is 0. The quantitative estimate of drug-likeness (QED) is 0.937. The second-order valence-corrected chi connectivity index (χ2v) is 5.77. The summed E-state index contributed by atoms with van der Waals surface area (Å²) in [7, 11) is 0. The fourth-order valence-electron chi connectivity index (χ4n) is 1.69. The highest BCUT2D eigenvalue weighted by Crippen LogP contribution is 2.23. The zero-order valence-electron chi connectivity index (χ0n) is 12.7. The maximum absolute atomic E-state index is 11.8. The second kappa shape index (κ2) is 6.31. The maximum atomic E-state index is 11.8. The summed E-state index contributed by atoms with van der Waals surface area (Å²) in [6, 6.07) is 10.4. The summed E-state index contributed by atoms with van der Waals surface area (Å²) in [5.41, 5.74) is 0.970. The highest BCUT2D eigenvalue weighted by molar-refractivity contribution is 5.90. The van der Waals surface area contributed by atoms with Crippen LogP contribution in [0.5, 0.6) is 5.75 Å². The number of nitriles is 1. The van der Waals surface area contributed by atoms with Crippen molar-refractivity contribution in [2.24, 2.45) is 0 Å². The van der Waals surface area contributed by atoms with E-state index in [-0.39, 0.29) is 23.8 Å². The van der Waals surface area contributed by atoms with Gasteiger partial charge in [0.05, 0.1) is 11.3 Å². The number of hydrogen-bond donors (Lipinski definition) is 1. The summed E-state index contributed by atoms with van der Waals surface area (Å²) in [5, 5.41) is 15.4.